The van der Waals surface area contributed by atoms with E-state index in [9.17, 15) is 4.79 Å². The molecule has 17 heavy (non-hydrogen) atoms. The van der Waals surface area contributed by atoms with Crippen LogP contribution in [0.4, 0.5) is 0 Å². The van der Waals surface area contributed by atoms with Crippen LogP contribution in [0.2, 0.25) is 5.02 Å². The van der Waals surface area contributed by atoms with Crippen molar-refractivity contribution in [2.24, 2.45) is 5.92 Å². The zero-order valence-corrected chi connectivity index (χ0v) is 10.7. The van der Waals surface area contributed by atoms with E-state index in [2.05, 4.69) is 6.07 Å². The first-order valence-electron chi connectivity index (χ1n) is 5.41. The molecule has 0 aliphatic carbocycles. The Kier molecular flexibility index (Phi) is 4.99. The second kappa shape index (κ2) is 6.27. The van der Waals surface area contributed by atoms with Crippen LogP contribution >= 0.6 is 11.6 Å². The van der Waals surface area contributed by atoms with Gasteiger partial charge in [0.1, 0.15) is 0 Å². The van der Waals surface area contributed by atoms with Crippen LogP contribution in [0.5, 0.6) is 0 Å². The van der Waals surface area contributed by atoms with E-state index in [0.717, 1.165) is 5.56 Å². The number of amides is 1. The standard InChI is InChI=1S/C13H15ClN2O/c1-10(8-15)9-16(2)13(17)7-11-3-5-12(14)6-4-11/h3-6,10H,7,9H2,1-2H3. The highest BCUT2D eigenvalue weighted by Crippen LogP contribution is 2.10. The minimum absolute atomic E-state index is 0.00872. The van der Waals surface area contributed by atoms with Crippen LogP contribution in [-0.2, 0) is 11.2 Å². The van der Waals surface area contributed by atoms with Crippen LogP contribution in [0.15, 0.2) is 24.3 Å². The topological polar surface area (TPSA) is 44.1 Å². The molecular weight excluding hydrogens is 236 g/mol. The number of rotatable bonds is 4. The Morgan fingerprint density at radius 3 is 2.59 bits per heavy atom. The van der Waals surface area contributed by atoms with Gasteiger partial charge in [-0.3, -0.25) is 4.79 Å². The fourth-order valence-electron chi connectivity index (χ4n) is 1.47. The molecule has 0 heterocycles. The summed E-state index contributed by atoms with van der Waals surface area (Å²) in [5.74, 6) is -0.136. The van der Waals surface area contributed by atoms with Gasteiger partial charge in [0.25, 0.3) is 0 Å². The average molecular weight is 251 g/mol. The van der Waals surface area contributed by atoms with Crippen molar-refractivity contribution in [3.63, 3.8) is 0 Å². The Balaban J connectivity index is 2.54. The van der Waals surface area contributed by atoms with Gasteiger partial charge in [0, 0.05) is 18.6 Å². The molecule has 0 saturated carbocycles. The summed E-state index contributed by atoms with van der Waals surface area (Å²) in [5.41, 5.74) is 0.927. The first-order valence-corrected chi connectivity index (χ1v) is 5.78. The largest absolute Gasteiger partial charge is 0.344 e. The van der Waals surface area contributed by atoms with Gasteiger partial charge in [0.2, 0.25) is 5.91 Å². The van der Waals surface area contributed by atoms with Crippen LogP contribution < -0.4 is 0 Å². The Morgan fingerprint density at radius 2 is 2.06 bits per heavy atom. The van der Waals surface area contributed by atoms with Crippen LogP contribution in [0.1, 0.15) is 12.5 Å². The highest BCUT2D eigenvalue weighted by molar-refractivity contribution is 6.30. The van der Waals surface area contributed by atoms with Gasteiger partial charge < -0.3 is 4.90 Å². The van der Waals surface area contributed by atoms with Gasteiger partial charge in [0.15, 0.2) is 0 Å². The number of nitrogens with zero attached hydrogens (tertiary/aromatic N) is 2. The number of hydrogen-bond donors (Lipinski definition) is 0. The number of benzene rings is 1. The van der Waals surface area contributed by atoms with Crippen molar-refractivity contribution in [2.75, 3.05) is 13.6 Å². The lowest BCUT2D eigenvalue weighted by atomic mass is 10.1. The van der Waals surface area contributed by atoms with Gasteiger partial charge in [-0.1, -0.05) is 23.7 Å². The van der Waals surface area contributed by atoms with Crippen molar-refractivity contribution in [3.8, 4) is 6.07 Å². The quantitative estimate of drug-likeness (QED) is 0.824. The number of carbonyl (C=O) groups is 1. The molecule has 0 fully saturated rings. The van der Waals surface area contributed by atoms with Crippen molar-refractivity contribution in [3.05, 3.63) is 34.9 Å². The molecule has 0 spiro atoms. The molecule has 1 amide bonds. The lowest BCUT2D eigenvalue weighted by Crippen LogP contribution is -2.31. The molecule has 4 heteroatoms. The molecule has 1 unspecified atom stereocenters. The number of halogens is 1. The fourth-order valence-corrected chi connectivity index (χ4v) is 1.59. The monoisotopic (exact) mass is 250 g/mol. The van der Waals surface area contributed by atoms with Crippen molar-refractivity contribution < 1.29 is 4.79 Å². The van der Waals surface area contributed by atoms with Gasteiger partial charge in [-0.05, 0) is 24.6 Å². The number of carbonyl (C=O) groups excluding carboxylic acids is 1. The maximum atomic E-state index is 11.8. The van der Waals surface area contributed by atoms with Gasteiger partial charge in [-0.15, -0.1) is 0 Å². The Labute approximate surface area is 107 Å². The summed E-state index contributed by atoms with van der Waals surface area (Å²) in [6.07, 6.45) is 0.339. The number of hydrogen-bond acceptors (Lipinski definition) is 2. The normalized spacial score (nSPS) is 11.6. The average Bonchev–Trinajstić information content (AvgIpc) is 2.31. The maximum Gasteiger partial charge on any atom is 0.226 e. The second-order valence-electron chi connectivity index (χ2n) is 4.11. The molecule has 0 saturated heterocycles. The minimum atomic E-state index is -0.144. The van der Waals surface area contributed by atoms with Crippen molar-refractivity contribution in [2.45, 2.75) is 13.3 Å². The van der Waals surface area contributed by atoms with E-state index in [-0.39, 0.29) is 11.8 Å². The van der Waals surface area contributed by atoms with Crippen LogP contribution in [0, 0.1) is 17.2 Å². The summed E-state index contributed by atoms with van der Waals surface area (Å²) >= 11 is 5.77. The van der Waals surface area contributed by atoms with Crippen LogP contribution in [0.3, 0.4) is 0 Å². The molecule has 0 bridgehead atoms. The summed E-state index contributed by atoms with van der Waals surface area (Å²) in [7, 11) is 1.71. The lowest BCUT2D eigenvalue weighted by Gasteiger charge is -2.18. The van der Waals surface area contributed by atoms with Gasteiger partial charge in [-0.25, -0.2) is 0 Å². The van der Waals surface area contributed by atoms with Crippen molar-refractivity contribution in [1.82, 2.24) is 4.90 Å². The fraction of sp³-hybridized carbons (Fsp3) is 0.385. The SMILES string of the molecule is CC(C#N)CN(C)C(=O)Cc1ccc(Cl)cc1. The van der Waals surface area contributed by atoms with Crippen molar-refractivity contribution >= 4 is 17.5 Å². The maximum absolute atomic E-state index is 11.8. The molecule has 1 aromatic rings. The highest BCUT2D eigenvalue weighted by atomic mass is 35.5. The third-order valence-electron chi connectivity index (χ3n) is 2.46. The third-order valence-corrected chi connectivity index (χ3v) is 2.71. The summed E-state index contributed by atoms with van der Waals surface area (Å²) in [6, 6.07) is 9.31. The second-order valence-corrected chi connectivity index (χ2v) is 4.54. The zero-order chi connectivity index (χ0) is 12.8. The minimum Gasteiger partial charge on any atom is -0.344 e. The molecule has 0 aliphatic rings. The number of likely N-dealkylation sites (N-methyl/N-ethyl adjacent to an activating group) is 1. The summed E-state index contributed by atoms with van der Waals surface area (Å²) in [4.78, 5) is 13.4. The molecule has 1 rings (SSSR count). The van der Waals surface area contributed by atoms with E-state index in [0.29, 0.717) is 18.0 Å². The molecule has 90 valence electrons. The highest BCUT2D eigenvalue weighted by Gasteiger charge is 2.12. The first kappa shape index (κ1) is 13.5. The lowest BCUT2D eigenvalue weighted by molar-refractivity contribution is -0.129. The Morgan fingerprint density at radius 1 is 1.47 bits per heavy atom. The molecule has 0 radical (unpaired) electrons. The molecule has 0 aliphatic heterocycles. The third kappa shape index (κ3) is 4.46. The van der Waals surface area contributed by atoms with E-state index < -0.39 is 0 Å². The smallest absolute Gasteiger partial charge is 0.226 e. The van der Waals surface area contributed by atoms with Gasteiger partial charge >= 0.3 is 0 Å². The molecule has 0 N–H and O–H groups in total. The molecule has 0 aromatic heterocycles. The van der Waals surface area contributed by atoms with E-state index in [1.165, 1.54) is 0 Å². The van der Waals surface area contributed by atoms with Gasteiger partial charge in [-0.2, -0.15) is 5.26 Å². The van der Waals surface area contributed by atoms with E-state index in [1.54, 1.807) is 31.0 Å². The molecular formula is C13H15ClN2O. The van der Waals surface area contributed by atoms with Crippen molar-refractivity contribution in [1.29, 1.82) is 5.26 Å². The summed E-state index contributed by atoms with van der Waals surface area (Å²) in [5, 5.41) is 9.34. The Hall–Kier alpha value is -1.53. The molecule has 1 aromatic carbocycles. The predicted octanol–water partition coefficient (Wildman–Crippen LogP) is 2.50. The Bertz CT molecular complexity index is 422. The van der Waals surface area contributed by atoms with Crippen LogP contribution in [0.25, 0.3) is 0 Å². The predicted molar refractivity (Wildman–Crippen MR) is 67.6 cm³/mol. The van der Waals surface area contributed by atoms with Gasteiger partial charge in [0.05, 0.1) is 18.4 Å². The zero-order valence-electron chi connectivity index (χ0n) is 9.98. The van der Waals surface area contributed by atoms with E-state index >= 15 is 0 Å². The summed E-state index contributed by atoms with van der Waals surface area (Å²) < 4.78 is 0. The molecule has 3 nitrogen and oxygen atoms in total. The van der Waals surface area contributed by atoms with Crippen LogP contribution in [-0.4, -0.2) is 24.4 Å². The van der Waals surface area contributed by atoms with E-state index in [1.807, 2.05) is 12.1 Å². The molecule has 1 atom stereocenters. The van der Waals surface area contributed by atoms with E-state index in [4.69, 9.17) is 16.9 Å². The summed E-state index contributed by atoms with van der Waals surface area (Å²) in [6.45, 7) is 2.26. The first-order chi connectivity index (χ1) is 8.02. The number of nitriles is 1.